The highest BCUT2D eigenvalue weighted by Crippen LogP contribution is 2.24. The number of rotatable bonds is 3. The van der Waals surface area contributed by atoms with Gasteiger partial charge >= 0.3 is 6.01 Å². The summed E-state index contributed by atoms with van der Waals surface area (Å²) in [6, 6.07) is 1.62. The third-order valence-electron chi connectivity index (χ3n) is 3.50. The predicted octanol–water partition coefficient (Wildman–Crippen LogP) is 3.02. The number of nitrogens with zero attached hydrogens (tertiary/aromatic N) is 4. The van der Waals surface area contributed by atoms with E-state index in [0.29, 0.717) is 23.4 Å². The van der Waals surface area contributed by atoms with Crippen LogP contribution in [0.2, 0.25) is 5.02 Å². The number of aromatic nitrogens is 3. The molecule has 0 saturated carbocycles. The Hall–Kier alpha value is -1.95. The first-order valence-electron chi connectivity index (χ1n) is 7.13. The summed E-state index contributed by atoms with van der Waals surface area (Å²) in [6.07, 6.45) is 6.55. The van der Waals surface area contributed by atoms with Gasteiger partial charge in [-0.05, 0) is 31.4 Å². The van der Waals surface area contributed by atoms with Crippen molar-refractivity contribution in [3.05, 3.63) is 41.1 Å². The van der Waals surface area contributed by atoms with Crippen LogP contribution in [-0.2, 0) is 0 Å². The second kappa shape index (κ2) is 6.44. The van der Waals surface area contributed by atoms with Crippen LogP contribution in [0, 0.1) is 12.7 Å². The Bertz CT molecular complexity index is 652. The molecule has 0 spiro atoms. The quantitative estimate of drug-likeness (QED) is 0.869. The first-order chi connectivity index (χ1) is 10.6. The Balaban J connectivity index is 1.69. The molecule has 2 aromatic heterocycles. The largest absolute Gasteiger partial charge is 0.458 e. The molecule has 3 rings (SSSR count). The number of anilines is 1. The van der Waals surface area contributed by atoms with Crippen LogP contribution in [0.3, 0.4) is 0 Å². The zero-order chi connectivity index (χ0) is 15.5. The van der Waals surface area contributed by atoms with E-state index in [0.717, 1.165) is 24.9 Å². The fraction of sp³-hybridized carbons (Fsp3) is 0.400. The van der Waals surface area contributed by atoms with Gasteiger partial charge in [0.25, 0.3) is 0 Å². The van der Waals surface area contributed by atoms with Gasteiger partial charge in [0.2, 0.25) is 0 Å². The van der Waals surface area contributed by atoms with Crippen LogP contribution in [0.15, 0.2) is 24.7 Å². The van der Waals surface area contributed by atoms with Gasteiger partial charge < -0.3 is 9.64 Å². The fourth-order valence-corrected chi connectivity index (χ4v) is 2.60. The minimum absolute atomic E-state index is 0.0895. The standard InChI is InChI=1S/C15H16ClFN4O/c1-10-6-19-15(20-7-10)22-12-3-2-4-21(9-12)14-13(17)5-11(16)8-18-14/h5-8,12H,2-4,9H2,1H3. The summed E-state index contributed by atoms with van der Waals surface area (Å²) in [5.74, 6) is -0.109. The summed E-state index contributed by atoms with van der Waals surface area (Å²) in [5.41, 5.74) is 0.977. The molecule has 2 aromatic rings. The normalized spacial score (nSPS) is 18.3. The number of pyridine rings is 1. The lowest BCUT2D eigenvalue weighted by atomic mass is 10.1. The Labute approximate surface area is 133 Å². The Morgan fingerprint density at radius 3 is 2.77 bits per heavy atom. The maximum atomic E-state index is 14.0. The van der Waals surface area contributed by atoms with Crippen molar-refractivity contribution >= 4 is 17.4 Å². The van der Waals surface area contributed by atoms with E-state index >= 15 is 0 Å². The van der Waals surface area contributed by atoms with Crippen molar-refractivity contribution in [2.75, 3.05) is 18.0 Å². The molecule has 0 N–H and O–H groups in total. The average Bonchev–Trinajstić information content (AvgIpc) is 2.50. The lowest BCUT2D eigenvalue weighted by Gasteiger charge is -2.33. The summed E-state index contributed by atoms with van der Waals surface area (Å²) < 4.78 is 19.8. The summed E-state index contributed by atoms with van der Waals surface area (Å²) in [4.78, 5) is 14.2. The Kier molecular flexibility index (Phi) is 4.38. The molecule has 7 heteroatoms. The van der Waals surface area contributed by atoms with Crippen LogP contribution >= 0.6 is 11.6 Å². The predicted molar refractivity (Wildman–Crippen MR) is 81.8 cm³/mol. The van der Waals surface area contributed by atoms with Gasteiger partial charge in [-0.3, -0.25) is 0 Å². The van der Waals surface area contributed by atoms with Gasteiger partial charge in [-0.25, -0.2) is 19.3 Å². The number of ether oxygens (including phenoxy) is 1. The summed E-state index contributed by atoms with van der Waals surface area (Å²) in [7, 11) is 0. The topological polar surface area (TPSA) is 51.1 Å². The van der Waals surface area contributed by atoms with Crippen LogP contribution < -0.4 is 9.64 Å². The van der Waals surface area contributed by atoms with Crippen LogP contribution in [0.4, 0.5) is 10.2 Å². The van der Waals surface area contributed by atoms with E-state index in [4.69, 9.17) is 16.3 Å². The van der Waals surface area contributed by atoms with E-state index in [9.17, 15) is 4.39 Å². The van der Waals surface area contributed by atoms with Crippen molar-refractivity contribution in [3.63, 3.8) is 0 Å². The maximum absolute atomic E-state index is 14.0. The number of hydrogen-bond donors (Lipinski definition) is 0. The van der Waals surface area contributed by atoms with Crippen LogP contribution in [-0.4, -0.2) is 34.1 Å². The molecule has 0 amide bonds. The molecule has 1 atom stereocenters. The zero-order valence-corrected chi connectivity index (χ0v) is 12.9. The van der Waals surface area contributed by atoms with Crippen LogP contribution in [0.25, 0.3) is 0 Å². The van der Waals surface area contributed by atoms with Crippen molar-refractivity contribution < 1.29 is 9.13 Å². The van der Waals surface area contributed by atoms with E-state index < -0.39 is 5.82 Å². The van der Waals surface area contributed by atoms with Crippen molar-refractivity contribution in [2.24, 2.45) is 0 Å². The van der Waals surface area contributed by atoms with Gasteiger partial charge in [-0.2, -0.15) is 0 Å². The molecule has 22 heavy (non-hydrogen) atoms. The van der Waals surface area contributed by atoms with E-state index in [1.54, 1.807) is 12.4 Å². The molecule has 116 valence electrons. The van der Waals surface area contributed by atoms with Crippen molar-refractivity contribution in [3.8, 4) is 6.01 Å². The number of hydrogen-bond acceptors (Lipinski definition) is 5. The maximum Gasteiger partial charge on any atom is 0.316 e. The molecule has 0 radical (unpaired) electrons. The van der Waals surface area contributed by atoms with Gasteiger partial charge in [0.1, 0.15) is 6.10 Å². The molecule has 1 fully saturated rings. The van der Waals surface area contributed by atoms with E-state index in [1.165, 1.54) is 12.3 Å². The average molecular weight is 323 g/mol. The monoisotopic (exact) mass is 322 g/mol. The highest BCUT2D eigenvalue weighted by atomic mass is 35.5. The second-order valence-electron chi connectivity index (χ2n) is 5.33. The Morgan fingerprint density at radius 2 is 2.05 bits per heavy atom. The smallest absolute Gasteiger partial charge is 0.316 e. The highest BCUT2D eigenvalue weighted by Gasteiger charge is 2.25. The summed E-state index contributed by atoms with van der Waals surface area (Å²) in [6.45, 7) is 3.20. The summed E-state index contributed by atoms with van der Waals surface area (Å²) in [5, 5.41) is 0.291. The van der Waals surface area contributed by atoms with Crippen LogP contribution in [0.1, 0.15) is 18.4 Å². The third-order valence-corrected chi connectivity index (χ3v) is 3.70. The van der Waals surface area contributed by atoms with Crippen molar-refractivity contribution in [1.82, 2.24) is 15.0 Å². The number of aryl methyl sites for hydroxylation is 1. The van der Waals surface area contributed by atoms with Gasteiger partial charge in [0.15, 0.2) is 11.6 Å². The molecule has 1 saturated heterocycles. The molecule has 5 nitrogen and oxygen atoms in total. The lowest BCUT2D eigenvalue weighted by molar-refractivity contribution is 0.164. The molecule has 1 aliphatic rings. The summed E-state index contributed by atoms with van der Waals surface area (Å²) >= 11 is 5.74. The number of halogens is 2. The molecular formula is C15H16ClFN4O. The molecule has 1 aliphatic heterocycles. The minimum atomic E-state index is -0.417. The number of piperidine rings is 1. The SMILES string of the molecule is Cc1cnc(OC2CCCN(c3ncc(Cl)cc3F)C2)nc1. The van der Waals surface area contributed by atoms with Gasteiger partial charge in [-0.1, -0.05) is 11.6 Å². The molecule has 0 aromatic carbocycles. The van der Waals surface area contributed by atoms with Crippen molar-refractivity contribution in [2.45, 2.75) is 25.9 Å². The van der Waals surface area contributed by atoms with E-state index in [-0.39, 0.29) is 6.10 Å². The van der Waals surface area contributed by atoms with Crippen molar-refractivity contribution in [1.29, 1.82) is 0 Å². The van der Waals surface area contributed by atoms with E-state index in [1.807, 2.05) is 11.8 Å². The highest BCUT2D eigenvalue weighted by molar-refractivity contribution is 6.30. The first kappa shape index (κ1) is 15.0. The van der Waals surface area contributed by atoms with Gasteiger partial charge in [0.05, 0.1) is 11.6 Å². The van der Waals surface area contributed by atoms with Gasteiger partial charge in [-0.15, -0.1) is 0 Å². The lowest BCUT2D eigenvalue weighted by Crippen LogP contribution is -2.42. The van der Waals surface area contributed by atoms with E-state index in [2.05, 4.69) is 15.0 Å². The molecule has 1 unspecified atom stereocenters. The van der Waals surface area contributed by atoms with Crippen LogP contribution in [0.5, 0.6) is 6.01 Å². The second-order valence-corrected chi connectivity index (χ2v) is 5.77. The van der Waals surface area contributed by atoms with Gasteiger partial charge in [0, 0.05) is 25.1 Å². The fourth-order valence-electron chi connectivity index (χ4n) is 2.46. The minimum Gasteiger partial charge on any atom is -0.458 e. The molecule has 0 bridgehead atoms. The zero-order valence-electron chi connectivity index (χ0n) is 12.2. The third kappa shape index (κ3) is 3.44. The molecule has 3 heterocycles. The first-order valence-corrected chi connectivity index (χ1v) is 7.51. The molecule has 0 aliphatic carbocycles. The Morgan fingerprint density at radius 1 is 1.27 bits per heavy atom. The molecular weight excluding hydrogens is 307 g/mol.